The number of anilines is 1. The first-order valence-electron chi connectivity index (χ1n) is 13.4. The quantitative estimate of drug-likeness (QED) is 0.589. The van der Waals surface area contributed by atoms with Gasteiger partial charge < -0.3 is 25.1 Å². The Hall–Kier alpha value is -1.18. The molecule has 1 saturated carbocycles. The van der Waals surface area contributed by atoms with Crippen LogP contribution in [0.1, 0.15) is 44.6 Å². The van der Waals surface area contributed by atoms with E-state index in [9.17, 15) is 15.3 Å². The summed E-state index contributed by atoms with van der Waals surface area (Å²) in [6, 6.07) is 9.38. The molecule has 5 bridgehead atoms. The number of likely N-dealkylation sites (tertiary alicyclic amines) is 1. The second-order valence-corrected chi connectivity index (χ2v) is 12.2. The summed E-state index contributed by atoms with van der Waals surface area (Å²) in [5, 5.41) is 35.5. The minimum Gasteiger partial charge on any atom is -0.392 e. The average Bonchev–Trinajstić information content (AvgIpc) is 3.45. The van der Waals surface area contributed by atoms with Crippen LogP contribution in [0.4, 0.5) is 5.69 Å². The van der Waals surface area contributed by atoms with Crippen molar-refractivity contribution >= 4 is 5.69 Å². The molecule has 8 rings (SSSR count). The van der Waals surface area contributed by atoms with Crippen molar-refractivity contribution in [3.63, 3.8) is 0 Å². The van der Waals surface area contributed by atoms with Crippen molar-refractivity contribution in [2.75, 3.05) is 38.1 Å². The number of fused-ring (bicyclic) bond motifs is 2. The van der Waals surface area contributed by atoms with E-state index in [4.69, 9.17) is 0 Å². The fourth-order valence-corrected chi connectivity index (χ4v) is 10.4. The highest BCUT2D eigenvalue weighted by atomic mass is 16.3. The number of aliphatic hydroxyl groups excluding tert-OH is 3. The van der Waals surface area contributed by atoms with E-state index in [1.54, 1.807) is 0 Å². The van der Waals surface area contributed by atoms with Crippen LogP contribution in [0.15, 0.2) is 24.3 Å². The number of quaternary nitrogens is 1. The summed E-state index contributed by atoms with van der Waals surface area (Å²) in [6.45, 7) is 5.70. The molecule has 5 saturated heterocycles. The topological polar surface area (TPSA) is 67.2 Å². The second-order valence-electron chi connectivity index (χ2n) is 12.2. The van der Waals surface area contributed by atoms with Gasteiger partial charge >= 0.3 is 0 Å². The smallest absolute Gasteiger partial charge is 0.194 e. The molecule has 6 aliphatic heterocycles. The van der Waals surface area contributed by atoms with Gasteiger partial charge in [0.1, 0.15) is 18.7 Å². The van der Waals surface area contributed by atoms with Crippen molar-refractivity contribution in [1.82, 2.24) is 4.90 Å². The molecule has 6 nitrogen and oxygen atoms in total. The lowest BCUT2D eigenvalue weighted by Crippen LogP contribution is -2.84. The fraction of sp³-hybridized carbons (Fsp3) is 0.778. The van der Waals surface area contributed by atoms with Crippen LogP contribution >= 0.6 is 0 Å². The molecule has 2 unspecified atom stereocenters. The van der Waals surface area contributed by atoms with Gasteiger partial charge in [-0.05, 0) is 49.9 Å². The lowest BCUT2D eigenvalue weighted by molar-refractivity contribution is -1.04. The Balaban J connectivity index is 1.35. The van der Waals surface area contributed by atoms with Gasteiger partial charge in [0, 0.05) is 44.0 Å². The molecule has 6 heterocycles. The molecule has 3 N–H and O–H groups in total. The number of hydrogen-bond acceptors (Lipinski definition) is 5. The SMILES string of the molecule is CC[C@H]1[C@@H]2C[C@H]3[C@@H]4N(C)c5ccccc5[C@]45C[C@@H]([C@@H]2[C@H]5O)[N+]3(CC(O)CN2CCCC2)[C@@H]1O. The molecule has 7 aliphatic rings. The number of hydrogen-bond donors (Lipinski definition) is 3. The Labute approximate surface area is 197 Å². The van der Waals surface area contributed by atoms with Crippen LogP contribution in [0.5, 0.6) is 0 Å². The van der Waals surface area contributed by atoms with Crippen LogP contribution < -0.4 is 4.90 Å². The first kappa shape index (κ1) is 21.1. The maximum atomic E-state index is 12.1. The Bertz CT molecular complexity index is 952. The minimum absolute atomic E-state index is 0.183. The third-order valence-electron chi connectivity index (χ3n) is 11.3. The Morgan fingerprint density at radius 1 is 1.15 bits per heavy atom. The van der Waals surface area contributed by atoms with E-state index in [-0.39, 0.29) is 41.5 Å². The van der Waals surface area contributed by atoms with Crippen molar-refractivity contribution < 1.29 is 19.8 Å². The number of piperidine rings is 4. The van der Waals surface area contributed by atoms with Crippen LogP contribution in [0, 0.1) is 17.8 Å². The van der Waals surface area contributed by atoms with Crippen molar-refractivity contribution in [2.45, 2.75) is 81.0 Å². The van der Waals surface area contributed by atoms with Gasteiger partial charge in [0.2, 0.25) is 0 Å². The number of nitrogens with zero attached hydrogens (tertiary/aromatic N) is 3. The lowest BCUT2D eigenvalue weighted by Gasteiger charge is -2.68. The third kappa shape index (κ3) is 2.33. The minimum atomic E-state index is -0.438. The molecule has 1 spiro atoms. The van der Waals surface area contributed by atoms with E-state index in [1.807, 2.05) is 0 Å². The number of β-amino-alcohol motifs (C(OH)–C–C–N with tert-alkyl or cyclic N) is 1. The Kier molecular flexibility index (Phi) is 4.45. The van der Waals surface area contributed by atoms with E-state index in [0.717, 1.165) is 32.4 Å². The van der Waals surface area contributed by atoms with E-state index in [1.165, 1.54) is 24.1 Å². The standard InChI is InChI=1S/C27H40N3O3/c1-3-17-18-12-21-24-27(19-8-4-5-9-20(19)28(24)2)13-22(23(18)25(27)32)30(21,26(17)33)15-16(31)14-29-10-6-7-11-29/h4-5,8-9,16-18,21-26,31-33H,3,6-7,10-15H2,1-2H3/q+1/t16?,17-,18-,21-,22-,23+,24-,25+,26+,27+,30?/m0/s1. The third-order valence-corrected chi connectivity index (χ3v) is 11.3. The van der Waals surface area contributed by atoms with Crippen LogP contribution in [-0.2, 0) is 5.41 Å². The molecule has 1 aliphatic carbocycles. The summed E-state index contributed by atoms with van der Waals surface area (Å²) in [6.07, 6.45) is 4.15. The van der Waals surface area contributed by atoms with Gasteiger partial charge in [0.05, 0.1) is 23.6 Å². The predicted molar refractivity (Wildman–Crippen MR) is 127 cm³/mol. The summed E-state index contributed by atoms with van der Waals surface area (Å²) in [4.78, 5) is 4.83. The number of likely N-dealkylation sites (N-methyl/N-ethyl adjacent to an activating group) is 1. The van der Waals surface area contributed by atoms with E-state index in [2.05, 4.69) is 48.0 Å². The Morgan fingerprint density at radius 2 is 1.91 bits per heavy atom. The summed E-state index contributed by atoms with van der Waals surface area (Å²) in [7, 11) is 2.20. The largest absolute Gasteiger partial charge is 0.392 e. The molecule has 0 amide bonds. The second kappa shape index (κ2) is 6.94. The predicted octanol–water partition coefficient (Wildman–Crippen LogP) is 1.53. The zero-order chi connectivity index (χ0) is 22.7. The summed E-state index contributed by atoms with van der Waals surface area (Å²) < 4.78 is 0.622. The highest BCUT2D eigenvalue weighted by Gasteiger charge is 2.83. The maximum Gasteiger partial charge on any atom is 0.194 e. The van der Waals surface area contributed by atoms with Crippen LogP contribution in [-0.4, -0.2) is 94.5 Å². The van der Waals surface area contributed by atoms with Gasteiger partial charge in [-0.1, -0.05) is 25.1 Å². The summed E-state index contributed by atoms with van der Waals surface area (Å²) >= 11 is 0. The number of para-hydroxylation sites is 1. The number of aliphatic hydroxyl groups is 3. The molecule has 6 heteroatoms. The van der Waals surface area contributed by atoms with E-state index in [0.29, 0.717) is 23.5 Å². The number of rotatable bonds is 5. The molecule has 0 radical (unpaired) electrons. The monoisotopic (exact) mass is 454 g/mol. The van der Waals surface area contributed by atoms with Gasteiger partial charge in [0.25, 0.3) is 0 Å². The molecule has 1 aromatic carbocycles. The molecule has 11 atom stereocenters. The lowest BCUT2D eigenvalue weighted by atomic mass is 9.60. The van der Waals surface area contributed by atoms with E-state index >= 15 is 0 Å². The molecular weight excluding hydrogens is 414 g/mol. The zero-order valence-electron chi connectivity index (χ0n) is 20.1. The van der Waals surface area contributed by atoms with Crippen LogP contribution in [0.25, 0.3) is 0 Å². The first-order valence-corrected chi connectivity index (χ1v) is 13.4. The van der Waals surface area contributed by atoms with Gasteiger partial charge in [-0.25, -0.2) is 0 Å². The van der Waals surface area contributed by atoms with Crippen molar-refractivity contribution in [2.24, 2.45) is 17.8 Å². The Morgan fingerprint density at radius 3 is 2.67 bits per heavy atom. The number of benzene rings is 1. The zero-order valence-corrected chi connectivity index (χ0v) is 20.1. The molecule has 180 valence electrons. The van der Waals surface area contributed by atoms with Gasteiger partial charge in [-0.3, -0.25) is 4.48 Å². The summed E-state index contributed by atoms with van der Waals surface area (Å²) in [5.74, 6) is 0.820. The van der Waals surface area contributed by atoms with Crippen LogP contribution in [0.2, 0.25) is 0 Å². The van der Waals surface area contributed by atoms with Crippen LogP contribution in [0.3, 0.4) is 0 Å². The van der Waals surface area contributed by atoms with E-state index < -0.39 is 12.3 Å². The summed E-state index contributed by atoms with van der Waals surface area (Å²) in [5.41, 5.74) is 2.34. The average molecular weight is 455 g/mol. The fourth-order valence-electron chi connectivity index (χ4n) is 10.4. The molecular formula is C27H40N3O3+. The molecule has 1 aromatic rings. The maximum absolute atomic E-state index is 12.1. The van der Waals surface area contributed by atoms with Gasteiger partial charge in [-0.15, -0.1) is 0 Å². The van der Waals surface area contributed by atoms with Crippen molar-refractivity contribution in [3.05, 3.63) is 29.8 Å². The molecule has 6 fully saturated rings. The first-order chi connectivity index (χ1) is 15.9. The molecule has 33 heavy (non-hydrogen) atoms. The normalized spacial score (nSPS) is 50.2. The van der Waals surface area contributed by atoms with Gasteiger partial charge in [0.15, 0.2) is 6.23 Å². The van der Waals surface area contributed by atoms with Crippen molar-refractivity contribution in [1.29, 1.82) is 0 Å². The highest BCUT2D eigenvalue weighted by Crippen LogP contribution is 2.71. The van der Waals surface area contributed by atoms with Crippen molar-refractivity contribution in [3.8, 4) is 0 Å². The highest BCUT2D eigenvalue weighted by molar-refractivity contribution is 5.66. The van der Waals surface area contributed by atoms with Gasteiger partial charge in [-0.2, -0.15) is 0 Å². The molecule has 0 aromatic heterocycles.